The molecular formula is C13H20N6. The Morgan fingerprint density at radius 1 is 1.32 bits per heavy atom. The third kappa shape index (κ3) is 2.69. The average Bonchev–Trinajstić information content (AvgIpc) is 3.08. The van der Waals surface area contributed by atoms with Crippen molar-refractivity contribution in [3.05, 3.63) is 36.7 Å². The average molecular weight is 260 g/mol. The molecule has 0 spiro atoms. The number of imidazole rings is 1. The van der Waals surface area contributed by atoms with Crippen molar-refractivity contribution in [3.8, 4) is 0 Å². The molecule has 0 bridgehead atoms. The summed E-state index contributed by atoms with van der Waals surface area (Å²) in [5, 5.41) is 7.72. The lowest BCUT2D eigenvalue weighted by atomic mass is 10.1. The van der Waals surface area contributed by atoms with Gasteiger partial charge >= 0.3 is 0 Å². The highest BCUT2D eigenvalue weighted by molar-refractivity contribution is 5.02. The molecule has 1 aliphatic rings. The van der Waals surface area contributed by atoms with Crippen LogP contribution in [0.15, 0.2) is 30.9 Å². The predicted octanol–water partition coefficient (Wildman–Crippen LogP) is 0.263. The monoisotopic (exact) mass is 260 g/mol. The summed E-state index contributed by atoms with van der Waals surface area (Å²) in [5.41, 5.74) is 0. The number of piperazine rings is 1. The summed E-state index contributed by atoms with van der Waals surface area (Å²) in [6.45, 7) is 4.98. The maximum atomic E-state index is 4.49. The topological polar surface area (TPSA) is 50.9 Å². The molecule has 0 aliphatic carbocycles. The van der Waals surface area contributed by atoms with Gasteiger partial charge in [0.1, 0.15) is 5.82 Å². The molecule has 2 aromatic rings. The van der Waals surface area contributed by atoms with Gasteiger partial charge in [0, 0.05) is 58.0 Å². The summed E-state index contributed by atoms with van der Waals surface area (Å²) in [6, 6.07) is 2.32. The SMILES string of the molecule is Cn1ccnc1C1CNCCN1CCn1cccn1. The molecule has 3 heterocycles. The minimum atomic E-state index is 0.351. The fourth-order valence-electron chi connectivity index (χ4n) is 2.63. The Kier molecular flexibility index (Phi) is 3.61. The zero-order valence-corrected chi connectivity index (χ0v) is 11.2. The normalized spacial score (nSPS) is 20.8. The summed E-state index contributed by atoms with van der Waals surface area (Å²) in [4.78, 5) is 6.98. The maximum Gasteiger partial charge on any atom is 0.127 e. The molecule has 102 valence electrons. The molecule has 0 saturated carbocycles. The Bertz CT molecular complexity index is 503. The van der Waals surface area contributed by atoms with Crippen LogP contribution in [-0.2, 0) is 13.6 Å². The van der Waals surface area contributed by atoms with Gasteiger partial charge in [-0.05, 0) is 6.07 Å². The lowest BCUT2D eigenvalue weighted by Crippen LogP contribution is -2.47. The quantitative estimate of drug-likeness (QED) is 0.857. The van der Waals surface area contributed by atoms with E-state index >= 15 is 0 Å². The van der Waals surface area contributed by atoms with Gasteiger partial charge in [0.15, 0.2) is 0 Å². The molecule has 1 saturated heterocycles. The highest BCUT2D eigenvalue weighted by Crippen LogP contribution is 2.19. The van der Waals surface area contributed by atoms with Crippen LogP contribution in [0.2, 0.25) is 0 Å². The predicted molar refractivity (Wildman–Crippen MR) is 72.6 cm³/mol. The molecule has 0 amide bonds. The first-order valence-corrected chi connectivity index (χ1v) is 6.74. The van der Waals surface area contributed by atoms with Gasteiger partial charge in [0.05, 0.1) is 12.6 Å². The van der Waals surface area contributed by atoms with Crippen LogP contribution in [0, 0.1) is 0 Å². The molecular weight excluding hydrogens is 240 g/mol. The van der Waals surface area contributed by atoms with Crippen LogP contribution in [0.4, 0.5) is 0 Å². The molecule has 0 aromatic carbocycles. The number of rotatable bonds is 4. The van der Waals surface area contributed by atoms with Gasteiger partial charge in [0.2, 0.25) is 0 Å². The van der Waals surface area contributed by atoms with E-state index in [4.69, 9.17) is 0 Å². The van der Waals surface area contributed by atoms with Crippen molar-refractivity contribution in [2.75, 3.05) is 26.2 Å². The minimum Gasteiger partial charge on any atom is -0.337 e. The summed E-state index contributed by atoms with van der Waals surface area (Å²) < 4.78 is 4.09. The van der Waals surface area contributed by atoms with Crippen molar-refractivity contribution in [2.24, 2.45) is 7.05 Å². The van der Waals surface area contributed by atoms with E-state index in [1.165, 1.54) is 0 Å². The minimum absolute atomic E-state index is 0.351. The zero-order valence-electron chi connectivity index (χ0n) is 11.2. The second-order valence-corrected chi connectivity index (χ2v) is 4.92. The van der Waals surface area contributed by atoms with Crippen LogP contribution in [0.5, 0.6) is 0 Å². The van der Waals surface area contributed by atoms with E-state index < -0.39 is 0 Å². The summed E-state index contributed by atoms with van der Waals surface area (Å²) in [5.74, 6) is 1.13. The van der Waals surface area contributed by atoms with Crippen molar-refractivity contribution < 1.29 is 0 Å². The molecule has 1 aliphatic heterocycles. The van der Waals surface area contributed by atoms with Gasteiger partial charge < -0.3 is 9.88 Å². The molecule has 2 aromatic heterocycles. The second-order valence-electron chi connectivity index (χ2n) is 4.92. The van der Waals surface area contributed by atoms with E-state index in [0.717, 1.165) is 38.5 Å². The highest BCUT2D eigenvalue weighted by atomic mass is 15.3. The lowest BCUT2D eigenvalue weighted by molar-refractivity contribution is 0.145. The third-order valence-corrected chi connectivity index (χ3v) is 3.69. The Hall–Kier alpha value is -1.66. The van der Waals surface area contributed by atoms with Crippen LogP contribution in [0.25, 0.3) is 0 Å². The molecule has 1 atom stereocenters. The fourth-order valence-corrected chi connectivity index (χ4v) is 2.63. The molecule has 1 N–H and O–H groups in total. The number of hydrogen-bond donors (Lipinski definition) is 1. The largest absolute Gasteiger partial charge is 0.337 e. The first kappa shape index (κ1) is 12.4. The number of aryl methyl sites for hydroxylation is 1. The number of hydrogen-bond acceptors (Lipinski definition) is 4. The Morgan fingerprint density at radius 2 is 2.26 bits per heavy atom. The van der Waals surface area contributed by atoms with Gasteiger partial charge in [-0.25, -0.2) is 4.98 Å². The first-order chi connectivity index (χ1) is 9.34. The molecule has 6 heteroatoms. The molecule has 6 nitrogen and oxygen atoms in total. The standard InChI is InChI=1S/C13H20N6/c1-17-7-5-15-13(17)12-11-14-4-8-18(12)9-10-19-6-2-3-16-19/h2-3,5-7,12,14H,4,8-11H2,1H3. The van der Waals surface area contributed by atoms with E-state index in [1.807, 2.05) is 35.5 Å². The number of nitrogens with one attached hydrogen (secondary N) is 1. The van der Waals surface area contributed by atoms with Gasteiger partial charge in [-0.3, -0.25) is 9.58 Å². The first-order valence-electron chi connectivity index (χ1n) is 6.74. The van der Waals surface area contributed by atoms with Gasteiger partial charge in [-0.2, -0.15) is 5.10 Å². The van der Waals surface area contributed by atoms with Crippen LogP contribution in [-0.4, -0.2) is 50.4 Å². The van der Waals surface area contributed by atoms with Crippen LogP contribution in [0.3, 0.4) is 0 Å². The summed E-state index contributed by atoms with van der Waals surface area (Å²) in [7, 11) is 2.06. The molecule has 0 radical (unpaired) electrons. The number of aromatic nitrogens is 4. The Labute approximate surface area is 113 Å². The number of nitrogens with zero attached hydrogens (tertiary/aromatic N) is 5. The Morgan fingerprint density at radius 3 is 3.00 bits per heavy atom. The van der Waals surface area contributed by atoms with E-state index in [-0.39, 0.29) is 0 Å². The Balaban J connectivity index is 1.69. The van der Waals surface area contributed by atoms with Gasteiger partial charge in [-0.1, -0.05) is 0 Å². The van der Waals surface area contributed by atoms with Gasteiger partial charge in [0.25, 0.3) is 0 Å². The van der Waals surface area contributed by atoms with Crippen molar-refractivity contribution >= 4 is 0 Å². The van der Waals surface area contributed by atoms with E-state index in [0.29, 0.717) is 6.04 Å². The van der Waals surface area contributed by atoms with E-state index in [1.54, 1.807) is 0 Å². The highest BCUT2D eigenvalue weighted by Gasteiger charge is 2.26. The van der Waals surface area contributed by atoms with E-state index in [9.17, 15) is 0 Å². The zero-order chi connectivity index (χ0) is 13.1. The van der Waals surface area contributed by atoms with Crippen LogP contribution >= 0.6 is 0 Å². The van der Waals surface area contributed by atoms with Crippen molar-refractivity contribution in [1.29, 1.82) is 0 Å². The summed E-state index contributed by atoms with van der Waals surface area (Å²) >= 11 is 0. The van der Waals surface area contributed by atoms with Crippen LogP contribution < -0.4 is 5.32 Å². The smallest absolute Gasteiger partial charge is 0.127 e. The molecule has 1 unspecified atom stereocenters. The molecule has 1 fully saturated rings. The molecule has 3 rings (SSSR count). The fraction of sp³-hybridized carbons (Fsp3) is 0.538. The molecule has 19 heavy (non-hydrogen) atoms. The summed E-state index contributed by atoms with van der Waals surface area (Å²) in [6.07, 6.45) is 7.72. The van der Waals surface area contributed by atoms with Crippen molar-refractivity contribution in [3.63, 3.8) is 0 Å². The second kappa shape index (κ2) is 5.54. The van der Waals surface area contributed by atoms with Gasteiger partial charge in [-0.15, -0.1) is 0 Å². The van der Waals surface area contributed by atoms with Crippen LogP contribution in [0.1, 0.15) is 11.9 Å². The van der Waals surface area contributed by atoms with E-state index in [2.05, 4.69) is 31.9 Å². The van der Waals surface area contributed by atoms with Crippen molar-refractivity contribution in [2.45, 2.75) is 12.6 Å². The maximum absolute atomic E-state index is 4.49. The third-order valence-electron chi connectivity index (χ3n) is 3.69. The lowest BCUT2D eigenvalue weighted by Gasteiger charge is -2.35. The van der Waals surface area contributed by atoms with Crippen molar-refractivity contribution in [1.82, 2.24) is 29.5 Å².